The first-order valence-corrected chi connectivity index (χ1v) is 9.36. The van der Waals surface area contributed by atoms with E-state index in [9.17, 15) is 14.7 Å². The molecule has 0 aromatic heterocycles. The van der Waals surface area contributed by atoms with E-state index in [-0.39, 0.29) is 18.3 Å². The second kappa shape index (κ2) is 8.86. The Bertz CT molecular complexity index is 1010. The Hall–Kier alpha value is -3.88. The molecule has 0 aliphatic carbocycles. The van der Waals surface area contributed by atoms with Crippen LogP contribution in [0.4, 0.5) is 10.5 Å². The van der Waals surface area contributed by atoms with Gasteiger partial charge in [0.1, 0.15) is 6.10 Å². The van der Waals surface area contributed by atoms with Crippen LogP contribution in [0.25, 0.3) is 0 Å². The summed E-state index contributed by atoms with van der Waals surface area (Å²) in [6.07, 6.45) is 0.717. The highest BCUT2D eigenvalue weighted by Gasteiger charge is 2.33. The number of nitrogens with one attached hydrogen (secondary N) is 1. The summed E-state index contributed by atoms with van der Waals surface area (Å²) in [5.41, 5.74) is -0.0327. The zero-order valence-electron chi connectivity index (χ0n) is 17.2. The molecule has 31 heavy (non-hydrogen) atoms. The molecule has 0 spiro atoms. The van der Waals surface area contributed by atoms with Crippen LogP contribution in [-0.2, 0) is 9.53 Å². The third-order valence-corrected chi connectivity index (χ3v) is 4.68. The minimum Gasteiger partial charge on any atom is -0.504 e. The summed E-state index contributed by atoms with van der Waals surface area (Å²) in [7, 11) is 1.42. The Labute approximate surface area is 178 Å². The zero-order chi connectivity index (χ0) is 22.6. The second-order valence-corrected chi connectivity index (χ2v) is 7.40. The molecule has 9 heteroatoms. The maximum Gasteiger partial charge on any atom is 0.412 e. The number of carbonyl (C=O) groups is 2. The van der Waals surface area contributed by atoms with E-state index < -0.39 is 23.6 Å². The fourth-order valence-corrected chi connectivity index (χ4v) is 3.12. The predicted octanol–water partition coefficient (Wildman–Crippen LogP) is 4.09. The average Bonchev–Trinajstić information content (AvgIpc) is 3.18. The largest absolute Gasteiger partial charge is 0.504 e. The number of methoxy groups -OCH3 is 1. The number of hydrogen-bond acceptors (Lipinski definition) is 7. The van der Waals surface area contributed by atoms with Crippen molar-refractivity contribution >= 4 is 17.7 Å². The Balaban J connectivity index is 1.86. The summed E-state index contributed by atoms with van der Waals surface area (Å²) in [5, 5.41) is 21.8. The first-order chi connectivity index (χ1) is 14.7. The van der Waals surface area contributed by atoms with Gasteiger partial charge in [-0.15, -0.1) is 0 Å². The summed E-state index contributed by atoms with van der Waals surface area (Å²) >= 11 is 0. The molecule has 2 aromatic carbocycles. The maximum absolute atomic E-state index is 12.7. The molecule has 1 atom stereocenters. The molecule has 0 bridgehead atoms. The lowest BCUT2D eigenvalue weighted by molar-refractivity contribution is -0.131. The van der Waals surface area contributed by atoms with Gasteiger partial charge in [0.15, 0.2) is 23.0 Å². The molecule has 0 saturated heterocycles. The quantitative estimate of drug-likeness (QED) is 0.563. The summed E-state index contributed by atoms with van der Waals surface area (Å²) in [5.74, 6) is 0.0628. The van der Waals surface area contributed by atoms with Crippen LogP contribution >= 0.6 is 0 Å². The third kappa shape index (κ3) is 5.19. The average molecular weight is 429 g/mol. The lowest BCUT2D eigenvalue weighted by Crippen LogP contribution is -2.27. The predicted molar refractivity (Wildman–Crippen MR) is 111 cm³/mol. The van der Waals surface area contributed by atoms with Crippen molar-refractivity contribution in [2.75, 3.05) is 19.2 Å². The molecule has 0 saturated carbocycles. The first kappa shape index (κ1) is 21.8. The fraction of sp³-hybridized carbons (Fsp3) is 0.273. The fourth-order valence-electron chi connectivity index (χ4n) is 3.12. The van der Waals surface area contributed by atoms with Crippen LogP contribution in [0.15, 0.2) is 48.6 Å². The van der Waals surface area contributed by atoms with Crippen molar-refractivity contribution in [2.24, 2.45) is 5.41 Å². The van der Waals surface area contributed by atoms with E-state index in [1.807, 2.05) is 0 Å². The number of phenolic OH excluding ortho intramolecular Hbond substituents is 1. The second-order valence-electron chi connectivity index (χ2n) is 7.40. The molecule has 9 nitrogen and oxygen atoms in total. The number of aromatic hydroxyl groups is 1. The Morgan fingerprint density at radius 1 is 1.16 bits per heavy atom. The number of carboxylic acid groups (broad SMARTS) is 1. The molecule has 1 aliphatic rings. The monoisotopic (exact) mass is 429 g/mol. The molecule has 3 rings (SSSR count). The third-order valence-electron chi connectivity index (χ3n) is 4.68. The molecule has 3 N–H and O–H groups in total. The number of fused-ring (bicyclic) bond motifs is 1. The van der Waals surface area contributed by atoms with Crippen molar-refractivity contribution in [1.29, 1.82) is 0 Å². The van der Waals surface area contributed by atoms with Crippen molar-refractivity contribution < 1.29 is 38.7 Å². The van der Waals surface area contributed by atoms with Gasteiger partial charge in [-0.25, -0.2) is 9.59 Å². The van der Waals surface area contributed by atoms with Gasteiger partial charge in [0.25, 0.3) is 0 Å². The van der Waals surface area contributed by atoms with Crippen molar-refractivity contribution in [1.82, 2.24) is 0 Å². The van der Waals surface area contributed by atoms with Crippen LogP contribution in [0.5, 0.6) is 23.0 Å². The number of hydrogen-bond donors (Lipinski definition) is 3. The molecule has 1 aliphatic heterocycles. The molecule has 1 heterocycles. The molecular weight excluding hydrogens is 406 g/mol. The van der Waals surface area contributed by atoms with Crippen LogP contribution in [0.3, 0.4) is 0 Å². The number of ether oxygens (including phenoxy) is 4. The number of carboxylic acids is 1. The maximum atomic E-state index is 12.7. The lowest BCUT2D eigenvalue weighted by atomic mass is 9.82. The molecule has 0 unspecified atom stereocenters. The molecule has 2 aromatic rings. The van der Waals surface area contributed by atoms with Gasteiger partial charge in [0.2, 0.25) is 6.79 Å². The van der Waals surface area contributed by atoms with Crippen LogP contribution in [0.2, 0.25) is 0 Å². The van der Waals surface area contributed by atoms with E-state index in [4.69, 9.17) is 24.1 Å². The SMILES string of the molecule is COc1ccc([C@@H](OC(=O)Nc2ccc3c(c2)OCO3)C(C)(C)/C=C/C(=O)O)cc1O. The van der Waals surface area contributed by atoms with E-state index in [1.165, 1.54) is 25.3 Å². The van der Waals surface area contributed by atoms with Crippen LogP contribution in [0.1, 0.15) is 25.5 Å². The number of amides is 1. The van der Waals surface area contributed by atoms with Crippen molar-refractivity contribution in [3.63, 3.8) is 0 Å². The van der Waals surface area contributed by atoms with Crippen LogP contribution < -0.4 is 19.5 Å². The Morgan fingerprint density at radius 2 is 1.90 bits per heavy atom. The van der Waals surface area contributed by atoms with Gasteiger partial charge in [-0.1, -0.05) is 26.0 Å². The first-order valence-electron chi connectivity index (χ1n) is 9.36. The minimum atomic E-state index is -1.13. The van der Waals surface area contributed by atoms with Gasteiger partial charge in [0.05, 0.1) is 7.11 Å². The Morgan fingerprint density at radius 3 is 2.58 bits per heavy atom. The smallest absolute Gasteiger partial charge is 0.412 e. The lowest BCUT2D eigenvalue weighted by Gasteiger charge is -2.31. The summed E-state index contributed by atoms with van der Waals surface area (Å²) < 4.78 is 21.3. The topological polar surface area (TPSA) is 124 Å². The van der Waals surface area contributed by atoms with Gasteiger partial charge in [-0.2, -0.15) is 0 Å². The molecule has 1 amide bonds. The number of carbonyl (C=O) groups excluding carboxylic acids is 1. The van der Waals surface area contributed by atoms with Crippen LogP contribution in [0, 0.1) is 5.41 Å². The zero-order valence-corrected chi connectivity index (χ0v) is 17.2. The summed E-state index contributed by atoms with van der Waals surface area (Å²) in [6, 6.07) is 9.48. The van der Waals surface area contributed by atoms with E-state index in [0.29, 0.717) is 22.7 Å². The number of aliphatic carboxylic acids is 1. The summed E-state index contributed by atoms with van der Waals surface area (Å²) in [4.78, 5) is 23.7. The van der Waals surface area contributed by atoms with Crippen molar-refractivity contribution in [3.05, 3.63) is 54.1 Å². The number of rotatable bonds is 7. The van der Waals surface area contributed by atoms with Crippen molar-refractivity contribution in [3.8, 4) is 23.0 Å². The number of anilines is 1. The van der Waals surface area contributed by atoms with Crippen LogP contribution in [-0.4, -0.2) is 36.2 Å². The summed E-state index contributed by atoms with van der Waals surface area (Å²) in [6.45, 7) is 3.54. The van der Waals surface area contributed by atoms with Gasteiger partial charge in [-0.3, -0.25) is 5.32 Å². The highest BCUT2D eigenvalue weighted by atomic mass is 16.7. The number of phenols is 1. The van der Waals surface area contributed by atoms with Gasteiger partial charge >= 0.3 is 12.1 Å². The molecular formula is C22H23NO8. The van der Waals surface area contributed by atoms with E-state index in [0.717, 1.165) is 6.08 Å². The standard InChI is InChI=1S/C22H23NO8/c1-22(2,9-8-19(25)26)20(13-4-6-16(28-3)15(24)10-13)31-21(27)23-14-5-7-17-18(11-14)30-12-29-17/h4-11,20,24H,12H2,1-3H3,(H,23,27)(H,25,26)/b9-8+/t20-/m1/s1. The van der Waals surface area contributed by atoms with E-state index in [1.54, 1.807) is 38.1 Å². The molecule has 0 radical (unpaired) electrons. The van der Waals surface area contributed by atoms with Crippen molar-refractivity contribution in [2.45, 2.75) is 20.0 Å². The van der Waals surface area contributed by atoms with Gasteiger partial charge in [0, 0.05) is 23.2 Å². The number of benzene rings is 2. The molecule has 0 fully saturated rings. The molecule has 164 valence electrons. The van der Waals surface area contributed by atoms with Gasteiger partial charge < -0.3 is 29.2 Å². The van der Waals surface area contributed by atoms with E-state index in [2.05, 4.69) is 5.32 Å². The Kier molecular flexibility index (Phi) is 6.24. The highest BCUT2D eigenvalue weighted by molar-refractivity contribution is 5.85. The minimum absolute atomic E-state index is 0.108. The van der Waals surface area contributed by atoms with Gasteiger partial charge in [-0.05, 0) is 29.8 Å². The normalized spacial score (nSPS) is 13.6. The van der Waals surface area contributed by atoms with E-state index >= 15 is 0 Å². The highest BCUT2D eigenvalue weighted by Crippen LogP contribution is 2.41.